The van der Waals surface area contributed by atoms with Crippen LogP contribution in [-0.4, -0.2) is 57.3 Å². The van der Waals surface area contributed by atoms with Gasteiger partial charge in [0.2, 0.25) is 5.91 Å². The average Bonchev–Trinajstić information content (AvgIpc) is 3.40. The van der Waals surface area contributed by atoms with Crippen LogP contribution in [0.15, 0.2) is 36.5 Å². The lowest BCUT2D eigenvalue weighted by Crippen LogP contribution is -2.53. The first-order valence-electron chi connectivity index (χ1n) is 32.9. The van der Waals surface area contributed by atoms with Gasteiger partial charge in [0.25, 0.3) is 0 Å². The quantitative estimate of drug-likeness (QED) is 0.0308. The summed E-state index contributed by atoms with van der Waals surface area (Å²) in [6.45, 7) is 4.09. The molecule has 6 nitrogen and oxygen atoms in total. The molecule has 432 valence electrons. The van der Waals surface area contributed by atoms with Gasteiger partial charge in [0.05, 0.1) is 18.8 Å². The molecule has 0 heterocycles. The summed E-state index contributed by atoms with van der Waals surface area (Å²) in [4.78, 5) is 12.6. The second kappa shape index (κ2) is 61.4. The van der Waals surface area contributed by atoms with Crippen molar-refractivity contribution in [3.63, 3.8) is 0 Å². The molecular weight excluding hydrogens is 899 g/mol. The minimum Gasteiger partial charge on any atom is -0.394 e. The lowest BCUT2D eigenvalue weighted by molar-refractivity contribution is -0.132. The van der Waals surface area contributed by atoms with Gasteiger partial charge in [0.15, 0.2) is 0 Å². The van der Waals surface area contributed by atoms with E-state index in [0.29, 0.717) is 19.3 Å². The van der Waals surface area contributed by atoms with Crippen molar-refractivity contribution in [1.82, 2.24) is 5.32 Å². The number of allylic oxidation sites excluding steroid dienone is 6. The summed E-state index contributed by atoms with van der Waals surface area (Å²) in [6, 6.07) is -1.01. The van der Waals surface area contributed by atoms with E-state index >= 15 is 0 Å². The topological polar surface area (TPSA) is 110 Å². The van der Waals surface area contributed by atoms with Crippen molar-refractivity contribution in [2.75, 3.05) is 6.61 Å². The molecule has 0 aliphatic heterocycles. The van der Waals surface area contributed by atoms with Crippen molar-refractivity contribution < 1.29 is 25.2 Å². The number of carbonyl (C=O) groups is 1. The second-order valence-corrected chi connectivity index (χ2v) is 22.8. The highest BCUT2D eigenvalue weighted by Crippen LogP contribution is 2.18. The van der Waals surface area contributed by atoms with Gasteiger partial charge >= 0.3 is 0 Å². The van der Waals surface area contributed by atoms with E-state index in [0.717, 1.165) is 38.5 Å². The fourth-order valence-electron chi connectivity index (χ4n) is 10.4. The predicted octanol–water partition coefficient (Wildman–Crippen LogP) is 19.9. The van der Waals surface area contributed by atoms with Crippen molar-refractivity contribution in [1.29, 1.82) is 0 Å². The molecule has 1 amide bonds. The maximum absolute atomic E-state index is 12.6. The fraction of sp³-hybridized carbons (Fsp3) is 0.896. The Morgan fingerprint density at radius 1 is 0.329 bits per heavy atom. The first-order chi connectivity index (χ1) is 36.0. The molecule has 0 aliphatic rings. The van der Waals surface area contributed by atoms with E-state index in [2.05, 4.69) is 55.6 Å². The minimum atomic E-state index is -1.29. The molecule has 0 saturated carbocycles. The summed E-state index contributed by atoms with van der Waals surface area (Å²) in [5.74, 6) is -0.595. The molecule has 73 heavy (non-hydrogen) atoms. The van der Waals surface area contributed by atoms with Gasteiger partial charge in [0.1, 0.15) is 12.2 Å². The number of aliphatic hydroxyl groups excluding tert-OH is 4. The number of hydrogen-bond donors (Lipinski definition) is 5. The first-order valence-corrected chi connectivity index (χ1v) is 32.9. The van der Waals surface area contributed by atoms with Crippen LogP contribution in [0.1, 0.15) is 354 Å². The second-order valence-electron chi connectivity index (χ2n) is 22.8. The van der Waals surface area contributed by atoms with Crippen molar-refractivity contribution >= 4 is 5.91 Å². The van der Waals surface area contributed by atoms with Gasteiger partial charge in [-0.25, -0.2) is 0 Å². The summed E-state index contributed by atoms with van der Waals surface area (Å²) in [6.07, 6.45) is 78.3. The lowest BCUT2D eigenvalue weighted by atomic mass is 10.00. The highest BCUT2D eigenvalue weighted by atomic mass is 16.3. The molecule has 0 aromatic carbocycles. The Labute approximate surface area is 456 Å². The molecule has 4 unspecified atom stereocenters. The Hall–Kier alpha value is -1.47. The van der Waals surface area contributed by atoms with Crippen LogP contribution in [0.5, 0.6) is 0 Å². The maximum atomic E-state index is 12.6. The molecule has 0 fully saturated rings. The van der Waals surface area contributed by atoms with Crippen molar-refractivity contribution in [3.05, 3.63) is 36.5 Å². The maximum Gasteiger partial charge on any atom is 0.249 e. The van der Waals surface area contributed by atoms with Crippen LogP contribution in [0, 0.1) is 0 Å². The van der Waals surface area contributed by atoms with E-state index < -0.39 is 36.9 Å². The van der Waals surface area contributed by atoms with E-state index in [1.54, 1.807) is 0 Å². The summed E-state index contributed by atoms with van der Waals surface area (Å²) in [7, 11) is 0. The zero-order valence-corrected chi connectivity index (χ0v) is 49.2. The third-order valence-corrected chi connectivity index (χ3v) is 15.6. The number of amides is 1. The van der Waals surface area contributed by atoms with Crippen molar-refractivity contribution in [3.8, 4) is 0 Å². The Morgan fingerprint density at radius 3 is 0.863 bits per heavy atom. The molecule has 6 heteroatoms. The van der Waals surface area contributed by atoms with Crippen molar-refractivity contribution in [2.45, 2.75) is 379 Å². The number of unbranched alkanes of at least 4 members (excludes halogenated alkanes) is 46. The first kappa shape index (κ1) is 71.5. The van der Waals surface area contributed by atoms with Crippen LogP contribution in [0.4, 0.5) is 0 Å². The normalized spacial score (nSPS) is 13.8. The SMILES string of the molecule is CCCCCCCCCCCCCC/C=C\CCCCCCCCCCCC(O)C(=O)NC(CO)C(O)C(O)CCC/C=C/CC/C=C/CCCCCCCCCCCCCCCCCCCCCCCCC. The van der Waals surface area contributed by atoms with Crippen LogP contribution in [0.25, 0.3) is 0 Å². The number of hydrogen-bond acceptors (Lipinski definition) is 5. The molecule has 4 atom stereocenters. The Balaban J connectivity index is 3.62. The van der Waals surface area contributed by atoms with Crippen LogP contribution in [0.2, 0.25) is 0 Å². The highest BCUT2D eigenvalue weighted by molar-refractivity contribution is 5.80. The van der Waals surface area contributed by atoms with Gasteiger partial charge in [0, 0.05) is 0 Å². The zero-order chi connectivity index (χ0) is 53.0. The van der Waals surface area contributed by atoms with Gasteiger partial charge in [-0.1, -0.05) is 314 Å². The summed E-state index contributed by atoms with van der Waals surface area (Å²) in [5.41, 5.74) is 0. The summed E-state index contributed by atoms with van der Waals surface area (Å²) < 4.78 is 0. The summed E-state index contributed by atoms with van der Waals surface area (Å²) in [5, 5.41) is 44.1. The van der Waals surface area contributed by atoms with Crippen LogP contribution >= 0.6 is 0 Å². The van der Waals surface area contributed by atoms with Gasteiger partial charge in [-0.3, -0.25) is 4.79 Å². The van der Waals surface area contributed by atoms with E-state index in [-0.39, 0.29) is 0 Å². The third-order valence-electron chi connectivity index (χ3n) is 15.6. The number of carbonyl (C=O) groups excluding carboxylic acids is 1. The lowest BCUT2D eigenvalue weighted by Gasteiger charge is -2.27. The molecule has 5 N–H and O–H groups in total. The largest absolute Gasteiger partial charge is 0.394 e. The molecule has 0 bridgehead atoms. The fourth-order valence-corrected chi connectivity index (χ4v) is 10.4. The Morgan fingerprint density at radius 2 is 0.575 bits per heavy atom. The highest BCUT2D eigenvalue weighted by Gasteiger charge is 2.28. The zero-order valence-electron chi connectivity index (χ0n) is 49.2. The monoisotopic (exact) mass is 1030 g/mol. The van der Waals surface area contributed by atoms with E-state index in [4.69, 9.17) is 0 Å². The van der Waals surface area contributed by atoms with E-state index in [1.807, 2.05) is 0 Å². The van der Waals surface area contributed by atoms with Gasteiger partial charge < -0.3 is 25.7 Å². The smallest absolute Gasteiger partial charge is 0.249 e. The molecular formula is C67H129NO5. The standard InChI is InChI=1S/C67H129NO5/c1-3-5-7-9-11-13-15-17-19-21-23-25-27-29-30-31-32-33-34-35-37-38-40-42-44-46-48-50-52-54-56-58-60-64(70)66(72)63(62-69)68-67(73)65(71)61-59-57-55-53-51-49-47-45-43-41-39-36-28-26-24-22-20-18-16-14-12-10-8-6-4-2/h36,39,44,46,52,54,63-66,69-72H,3-35,37-38,40-43,45,47-51,53,55-62H2,1-2H3,(H,68,73)/b39-36-,46-44+,54-52+. The number of nitrogens with one attached hydrogen (secondary N) is 1. The van der Waals surface area contributed by atoms with Crippen LogP contribution in [-0.2, 0) is 4.79 Å². The average molecular weight is 1030 g/mol. The molecule has 0 aromatic rings. The van der Waals surface area contributed by atoms with E-state index in [9.17, 15) is 25.2 Å². The number of aliphatic hydroxyl groups is 4. The Kier molecular flexibility index (Phi) is 60.1. The predicted molar refractivity (Wildman–Crippen MR) is 321 cm³/mol. The molecule has 0 aromatic heterocycles. The minimum absolute atomic E-state index is 0.358. The number of rotatable bonds is 61. The van der Waals surface area contributed by atoms with Gasteiger partial charge in [-0.15, -0.1) is 0 Å². The van der Waals surface area contributed by atoms with E-state index in [1.165, 1.54) is 283 Å². The van der Waals surface area contributed by atoms with Crippen LogP contribution < -0.4 is 5.32 Å². The van der Waals surface area contributed by atoms with Gasteiger partial charge in [-0.2, -0.15) is 0 Å². The Bertz CT molecular complexity index is 1150. The molecule has 0 radical (unpaired) electrons. The van der Waals surface area contributed by atoms with Crippen molar-refractivity contribution in [2.24, 2.45) is 0 Å². The summed E-state index contributed by atoms with van der Waals surface area (Å²) >= 11 is 0. The molecule has 0 rings (SSSR count). The molecule has 0 saturated heterocycles. The van der Waals surface area contributed by atoms with Gasteiger partial charge in [-0.05, 0) is 77.0 Å². The third kappa shape index (κ3) is 55.1. The molecule has 0 aliphatic carbocycles. The van der Waals surface area contributed by atoms with Crippen LogP contribution in [0.3, 0.4) is 0 Å². The molecule has 0 spiro atoms.